The largest absolute Gasteiger partial charge is 0.347 e. The molecule has 2 aliphatic rings. The molecule has 0 aromatic heterocycles. The van der Waals surface area contributed by atoms with Gasteiger partial charge in [-0.2, -0.15) is 0 Å². The molecule has 3 unspecified atom stereocenters. The summed E-state index contributed by atoms with van der Waals surface area (Å²) in [6.45, 7) is 2.15. The number of carbonyl (C=O) groups excluding carboxylic acids is 1. The van der Waals surface area contributed by atoms with Crippen LogP contribution in [0.1, 0.15) is 32.6 Å². The summed E-state index contributed by atoms with van der Waals surface area (Å²) in [6, 6.07) is 1.49. The van der Waals surface area contributed by atoms with Crippen molar-refractivity contribution in [3.05, 3.63) is 0 Å². The summed E-state index contributed by atoms with van der Waals surface area (Å²) in [6.07, 6.45) is 4.47. The number of nitrogens with zero attached hydrogens (tertiary/aromatic N) is 1. The van der Waals surface area contributed by atoms with E-state index in [1.165, 1.54) is 19.3 Å². The minimum absolute atomic E-state index is 0.248. The maximum absolute atomic E-state index is 11.6. The van der Waals surface area contributed by atoms with Gasteiger partial charge >= 0.3 is 0 Å². The Labute approximate surface area is 86.1 Å². The van der Waals surface area contributed by atoms with E-state index in [1.807, 2.05) is 0 Å². The molecule has 3 heteroatoms. The van der Waals surface area contributed by atoms with Crippen molar-refractivity contribution in [1.82, 2.24) is 5.32 Å². The van der Waals surface area contributed by atoms with Crippen molar-refractivity contribution in [3.63, 3.8) is 0 Å². The molecule has 2 fully saturated rings. The molecule has 2 heterocycles. The van der Waals surface area contributed by atoms with Gasteiger partial charge < -0.3 is 9.80 Å². The Bertz CT molecular complexity index is 250. The summed E-state index contributed by atoms with van der Waals surface area (Å²) in [5, 5.41) is 3.11. The van der Waals surface area contributed by atoms with Crippen LogP contribution in [-0.4, -0.2) is 42.6 Å². The molecule has 0 aliphatic carbocycles. The molecule has 3 atom stereocenters. The molecular formula is C11H21N2O+. The van der Waals surface area contributed by atoms with Crippen LogP contribution in [0.2, 0.25) is 0 Å². The van der Waals surface area contributed by atoms with Gasteiger partial charge in [-0.25, -0.2) is 0 Å². The van der Waals surface area contributed by atoms with Crippen molar-refractivity contribution in [2.45, 2.75) is 50.7 Å². The van der Waals surface area contributed by atoms with E-state index in [2.05, 4.69) is 26.3 Å². The van der Waals surface area contributed by atoms with Crippen LogP contribution in [0.15, 0.2) is 0 Å². The number of piperidine rings is 1. The average Bonchev–Trinajstić information content (AvgIpc) is 2.15. The molecule has 1 N–H and O–H groups in total. The lowest BCUT2D eigenvalue weighted by Gasteiger charge is -2.47. The van der Waals surface area contributed by atoms with Crippen molar-refractivity contribution >= 4 is 5.91 Å². The molecule has 0 saturated carbocycles. The topological polar surface area (TPSA) is 29.1 Å². The highest BCUT2D eigenvalue weighted by Gasteiger charge is 2.46. The van der Waals surface area contributed by atoms with Gasteiger partial charge in [0.25, 0.3) is 0 Å². The predicted molar refractivity (Wildman–Crippen MR) is 55.8 cm³/mol. The highest BCUT2D eigenvalue weighted by molar-refractivity contribution is 5.77. The zero-order valence-corrected chi connectivity index (χ0v) is 9.42. The molecule has 2 aliphatic heterocycles. The summed E-state index contributed by atoms with van der Waals surface area (Å²) in [7, 11) is 4.57. The van der Waals surface area contributed by atoms with E-state index in [-0.39, 0.29) is 5.91 Å². The van der Waals surface area contributed by atoms with E-state index in [0.29, 0.717) is 24.5 Å². The summed E-state index contributed by atoms with van der Waals surface area (Å²) in [5.41, 5.74) is 0. The number of hydrogen-bond acceptors (Lipinski definition) is 1. The summed E-state index contributed by atoms with van der Waals surface area (Å²) >= 11 is 0. The SMILES string of the molecule is CC1NC(=O)CC2CCCC1[N+]2(C)C. The zero-order valence-electron chi connectivity index (χ0n) is 9.42. The Morgan fingerprint density at radius 3 is 2.79 bits per heavy atom. The highest BCUT2D eigenvalue weighted by Crippen LogP contribution is 2.33. The Balaban J connectivity index is 2.30. The van der Waals surface area contributed by atoms with Crippen LogP contribution >= 0.6 is 0 Å². The summed E-state index contributed by atoms with van der Waals surface area (Å²) < 4.78 is 1.03. The Kier molecular flexibility index (Phi) is 2.30. The Morgan fingerprint density at radius 1 is 1.36 bits per heavy atom. The standard InChI is InChI=1S/C11H20N2O/c1-8-10-6-4-5-9(13(10,2)3)7-11(14)12-8/h8-10H,4-7H2,1-3H3/p+1. The zero-order chi connectivity index (χ0) is 10.3. The molecule has 2 bridgehead atoms. The number of rotatable bonds is 0. The Hall–Kier alpha value is -0.570. The fraction of sp³-hybridized carbons (Fsp3) is 0.909. The van der Waals surface area contributed by atoms with Crippen LogP contribution in [-0.2, 0) is 4.79 Å². The second-order valence-electron chi connectivity index (χ2n) is 5.34. The number of hydrogen-bond donors (Lipinski definition) is 1. The highest BCUT2D eigenvalue weighted by atomic mass is 16.1. The molecule has 2 saturated heterocycles. The molecule has 0 aromatic carbocycles. The first kappa shape index (κ1) is 9.97. The van der Waals surface area contributed by atoms with Gasteiger partial charge in [0.1, 0.15) is 6.04 Å². The van der Waals surface area contributed by atoms with Gasteiger partial charge in [-0.1, -0.05) is 0 Å². The van der Waals surface area contributed by atoms with E-state index in [0.717, 1.165) is 4.48 Å². The maximum Gasteiger partial charge on any atom is 0.226 e. The van der Waals surface area contributed by atoms with E-state index in [4.69, 9.17) is 0 Å². The minimum atomic E-state index is 0.248. The first-order chi connectivity index (χ1) is 6.51. The predicted octanol–water partition coefficient (Wildman–Crippen LogP) is 0.892. The quantitative estimate of drug-likeness (QED) is 0.574. The number of carbonyl (C=O) groups is 1. The van der Waals surface area contributed by atoms with E-state index >= 15 is 0 Å². The summed E-state index contributed by atoms with van der Waals surface area (Å²) in [4.78, 5) is 11.6. The van der Waals surface area contributed by atoms with Gasteiger partial charge in [0, 0.05) is 12.8 Å². The number of fused-ring (bicyclic) bond motifs is 2. The van der Waals surface area contributed by atoms with Gasteiger partial charge in [0.05, 0.1) is 32.6 Å². The molecule has 3 nitrogen and oxygen atoms in total. The lowest BCUT2D eigenvalue weighted by molar-refractivity contribution is -0.943. The lowest BCUT2D eigenvalue weighted by Crippen LogP contribution is -2.61. The van der Waals surface area contributed by atoms with Crippen molar-refractivity contribution in [3.8, 4) is 0 Å². The molecule has 0 aromatic rings. The maximum atomic E-state index is 11.6. The molecule has 0 radical (unpaired) electrons. The molecule has 0 spiro atoms. The van der Waals surface area contributed by atoms with Crippen molar-refractivity contribution in [2.24, 2.45) is 0 Å². The van der Waals surface area contributed by atoms with Gasteiger partial charge in [0.15, 0.2) is 0 Å². The summed E-state index contributed by atoms with van der Waals surface area (Å²) in [5.74, 6) is 0.248. The average molecular weight is 197 g/mol. The van der Waals surface area contributed by atoms with Crippen LogP contribution in [0.3, 0.4) is 0 Å². The Morgan fingerprint density at radius 2 is 2.07 bits per heavy atom. The molecule has 1 amide bonds. The van der Waals surface area contributed by atoms with Gasteiger partial charge in [0.2, 0.25) is 5.91 Å². The second-order valence-corrected chi connectivity index (χ2v) is 5.34. The fourth-order valence-corrected chi connectivity index (χ4v) is 3.29. The smallest absolute Gasteiger partial charge is 0.226 e. The third kappa shape index (κ3) is 1.44. The first-order valence-electron chi connectivity index (χ1n) is 5.64. The third-order valence-corrected chi connectivity index (χ3v) is 4.22. The first-order valence-corrected chi connectivity index (χ1v) is 5.64. The van der Waals surface area contributed by atoms with E-state index in [1.54, 1.807) is 0 Å². The monoisotopic (exact) mass is 197 g/mol. The molecule has 2 rings (SSSR count). The number of quaternary nitrogens is 1. The van der Waals surface area contributed by atoms with E-state index < -0.39 is 0 Å². The number of amides is 1. The number of likely N-dealkylation sites (N-methyl/N-ethyl adjacent to an activating group) is 1. The van der Waals surface area contributed by atoms with Crippen molar-refractivity contribution < 1.29 is 9.28 Å². The minimum Gasteiger partial charge on any atom is -0.347 e. The van der Waals surface area contributed by atoms with Gasteiger partial charge in [-0.15, -0.1) is 0 Å². The molecule has 80 valence electrons. The second kappa shape index (κ2) is 3.23. The van der Waals surface area contributed by atoms with Crippen LogP contribution < -0.4 is 5.32 Å². The molecular weight excluding hydrogens is 176 g/mol. The van der Waals surface area contributed by atoms with Crippen LogP contribution in [0.4, 0.5) is 0 Å². The van der Waals surface area contributed by atoms with Crippen LogP contribution in [0.5, 0.6) is 0 Å². The van der Waals surface area contributed by atoms with Gasteiger partial charge in [-0.3, -0.25) is 4.79 Å². The third-order valence-electron chi connectivity index (χ3n) is 4.22. The van der Waals surface area contributed by atoms with Crippen molar-refractivity contribution in [2.75, 3.05) is 14.1 Å². The molecule has 14 heavy (non-hydrogen) atoms. The normalized spacial score (nSPS) is 41.4. The van der Waals surface area contributed by atoms with E-state index in [9.17, 15) is 4.79 Å². The fourth-order valence-electron chi connectivity index (χ4n) is 3.29. The van der Waals surface area contributed by atoms with Crippen molar-refractivity contribution in [1.29, 1.82) is 0 Å². The lowest BCUT2D eigenvalue weighted by atomic mass is 9.90. The van der Waals surface area contributed by atoms with Crippen LogP contribution in [0.25, 0.3) is 0 Å². The number of nitrogens with one attached hydrogen (secondary N) is 1. The van der Waals surface area contributed by atoms with Crippen LogP contribution in [0, 0.1) is 0 Å². The van der Waals surface area contributed by atoms with Gasteiger partial charge in [-0.05, 0) is 13.3 Å².